The molecule has 0 spiro atoms. The topological polar surface area (TPSA) is 70.9 Å². The van der Waals surface area contributed by atoms with Crippen LogP contribution in [0.25, 0.3) is 0 Å². The molecule has 0 bridgehead atoms. The van der Waals surface area contributed by atoms with Gasteiger partial charge in [-0.1, -0.05) is 19.8 Å². The van der Waals surface area contributed by atoms with Crippen molar-refractivity contribution >= 4 is 21.6 Å². The van der Waals surface area contributed by atoms with Crippen LogP contribution in [-0.2, 0) is 14.8 Å². The van der Waals surface area contributed by atoms with Gasteiger partial charge in [-0.05, 0) is 55.9 Å². The fourth-order valence-corrected chi connectivity index (χ4v) is 5.44. The Morgan fingerprint density at radius 2 is 1.67 bits per heavy atom. The molecule has 2 fully saturated rings. The molecule has 0 unspecified atom stereocenters. The maximum absolute atomic E-state index is 12.8. The number of rotatable bonds is 5. The van der Waals surface area contributed by atoms with Crippen LogP contribution in [0.15, 0.2) is 29.2 Å². The predicted octanol–water partition coefficient (Wildman–Crippen LogP) is 1.50. The minimum atomic E-state index is -3.44. The second kappa shape index (κ2) is 9.17. The lowest BCUT2D eigenvalue weighted by atomic mass is 9.99. The Hall–Kier alpha value is -1.44. The third-order valence-electron chi connectivity index (χ3n) is 5.73. The van der Waals surface area contributed by atoms with Crippen LogP contribution in [-0.4, -0.2) is 51.4 Å². The number of carbonyl (C=O) groups is 1. The van der Waals surface area contributed by atoms with E-state index in [9.17, 15) is 13.2 Å². The maximum atomic E-state index is 12.8. The van der Waals surface area contributed by atoms with Gasteiger partial charge < -0.3 is 10.2 Å². The van der Waals surface area contributed by atoms with E-state index in [1.807, 2.05) is 0 Å². The molecule has 2 aliphatic rings. The van der Waals surface area contributed by atoms with Crippen molar-refractivity contribution in [3.8, 4) is 0 Å². The molecule has 0 aromatic heterocycles. The lowest BCUT2D eigenvalue weighted by Gasteiger charge is -2.26. The van der Waals surface area contributed by atoms with Gasteiger partial charge in [-0.25, -0.2) is 8.42 Å². The Labute approximate surface area is 163 Å². The average Bonchev–Trinajstić information content (AvgIpc) is 2.94. The second-order valence-electron chi connectivity index (χ2n) is 8.00. The largest absolute Gasteiger partial charge is 0.327 e. The van der Waals surface area contributed by atoms with Gasteiger partial charge in [0.15, 0.2) is 6.54 Å². The summed E-state index contributed by atoms with van der Waals surface area (Å²) >= 11 is 0. The first kappa shape index (κ1) is 20.3. The van der Waals surface area contributed by atoms with E-state index in [1.54, 1.807) is 28.6 Å². The summed E-state index contributed by atoms with van der Waals surface area (Å²) < 4.78 is 27.2. The van der Waals surface area contributed by atoms with Crippen molar-refractivity contribution in [2.75, 3.05) is 38.0 Å². The number of sulfonamides is 1. The van der Waals surface area contributed by atoms with Crippen LogP contribution >= 0.6 is 0 Å². The molecule has 7 heteroatoms. The smallest absolute Gasteiger partial charge is 0.279 e. The fourth-order valence-electron chi connectivity index (χ4n) is 3.92. The molecule has 1 aromatic rings. The lowest BCUT2D eigenvalue weighted by Crippen LogP contribution is -3.14. The van der Waals surface area contributed by atoms with Crippen LogP contribution in [0.2, 0.25) is 0 Å². The quantitative estimate of drug-likeness (QED) is 0.795. The molecule has 27 heavy (non-hydrogen) atoms. The number of benzene rings is 1. The zero-order valence-electron chi connectivity index (χ0n) is 16.2. The minimum absolute atomic E-state index is 0.0114. The molecule has 3 rings (SSSR count). The standard InChI is InChI=1S/C20H31N3O3S/c1-17-10-14-22(15-11-17)16-20(24)21-18-6-8-19(9-7-18)27(25,26)23-12-4-2-3-5-13-23/h6-9,17H,2-5,10-16H2,1H3,(H,21,24)/p+1. The van der Waals surface area contributed by atoms with Crippen LogP contribution in [0, 0.1) is 5.92 Å². The number of likely N-dealkylation sites (tertiary alicyclic amines) is 1. The first-order valence-corrected chi connectivity index (χ1v) is 11.6. The Balaban J connectivity index is 1.57. The molecule has 6 nitrogen and oxygen atoms in total. The number of nitrogens with one attached hydrogen (secondary N) is 2. The van der Waals surface area contributed by atoms with E-state index in [-0.39, 0.29) is 5.91 Å². The van der Waals surface area contributed by atoms with Crippen molar-refractivity contribution in [3.05, 3.63) is 24.3 Å². The summed E-state index contributed by atoms with van der Waals surface area (Å²) in [7, 11) is -3.44. The molecule has 0 saturated carbocycles. The molecule has 150 valence electrons. The highest BCUT2D eigenvalue weighted by Crippen LogP contribution is 2.21. The molecule has 1 aromatic carbocycles. The van der Waals surface area contributed by atoms with E-state index in [4.69, 9.17) is 0 Å². The number of nitrogens with zero attached hydrogens (tertiary/aromatic N) is 1. The van der Waals surface area contributed by atoms with Crippen molar-refractivity contribution < 1.29 is 18.1 Å². The number of piperidine rings is 1. The van der Waals surface area contributed by atoms with Crippen LogP contribution < -0.4 is 10.2 Å². The van der Waals surface area contributed by atoms with Gasteiger partial charge in [-0.2, -0.15) is 4.31 Å². The summed E-state index contributed by atoms with van der Waals surface area (Å²) in [6, 6.07) is 6.59. The number of amides is 1. The summed E-state index contributed by atoms with van der Waals surface area (Å²) in [5.41, 5.74) is 0.652. The zero-order valence-corrected chi connectivity index (χ0v) is 17.1. The van der Waals surface area contributed by atoms with Crippen LogP contribution in [0.3, 0.4) is 0 Å². The summed E-state index contributed by atoms with van der Waals surface area (Å²) in [6.07, 6.45) is 6.37. The van der Waals surface area contributed by atoms with E-state index in [2.05, 4.69) is 12.2 Å². The number of hydrogen-bond acceptors (Lipinski definition) is 3. The van der Waals surface area contributed by atoms with Gasteiger partial charge in [-0.15, -0.1) is 0 Å². The monoisotopic (exact) mass is 394 g/mol. The highest BCUT2D eigenvalue weighted by Gasteiger charge is 2.25. The van der Waals surface area contributed by atoms with Crippen molar-refractivity contribution in [2.45, 2.75) is 50.3 Å². The molecule has 2 heterocycles. The van der Waals surface area contributed by atoms with E-state index >= 15 is 0 Å². The van der Waals surface area contributed by atoms with Gasteiger partial charge in [0.25, 0.3) is 5.91 Å². The molecule has 0 radical (unpaired) electrons. The highest BCUT2D eigenvalue weighted by atomic mass is 32.2. The SMILES string of the molecule is CC1CC[NH+](CC(=O)Nc2ccc(S(=O)(=O)N3CCCCCC3)cc2)CC1. The predicted molar refractivity (Wildman–Crippen MR) is 106 cm³/mol. The van der Waals surface area contributed by atoms with E-state index < -0.39 is 10.0 Å². The van der Waals surface area contributed by atoms with Gasteiger partial charge >= 0.3 is 0 Å². The highest BCUT2D eigenvalue weighted by molar-refractivity contribution is 7.89. The first-order chi connectivity index (χ1) is 12.9. The van der Waals surface area contributed by atoms with Crippen LogP contribution in [0.4, 0.5) is 5.69 Å². The number of quaternary nitrogens is 1. The summed E-state index contributed by atoms with van der Waals surface area (Å²) in [5, 5.41) is 2.90. The summed E-state index contributed by atoms with van der Waals surface area (Å²) in [5.74, 6) is 0.748. The molecule has 2 saturated heterocycles. The number of hydrogen-bond donors (Lipinski definition) is 2. The van der Waals surface area contributed by atoms with Crippen molar-refractivity contribution in [1.82, 2.24) is 4.31 Å². The third-order valence-corrected chi connectivity index (χ3v) is 7.65. The van der Waals surface area contributed by atoms with Gasteiger partial charge in [0.2, 0.25) is 10.0 Å². The van der Waals surface area contributed by atoms with Crippen LogP contribution in [0.1, 0.15) is 45.4 Å². The molecule has 2 N–H and O–H groups in total. The second-order valence-corrected chi connectivity index (χ2v) is 9.94. The zero-order chi connectivity index (χ0) is 19.3. The van der Waals surface area contributed by atoms with Gasteiger partial charge in [0, 0.05) is 18.8 Å². The van der Waals surface area contributed by atoms with Gasteiger partial charge in [0.05, 0.1) is 18.0 Å². The molecular formula is C20H32N3O3S+. The van der Waals surface area contributed by atoms with E-state index in [0.29, 0.717) is 30.2 Å². The normalized spacial score (nSPS) is 24.9. The molecule has 2 aliphatic heterocycles. The average molecular weight is 395 g/mol. The maximum Gasteiger partial charge on any atom is 0.279 e. The number of carbonyl (C=O) groups excluding carboxylic acids is 1. The van der Waals surface area contributed by atoms with E-state index in [0.717, 1.165) is 44.7 Å². The third kappa shape index (κ3) is 5.53. The van der Waals surface area contributed by atoms with Crippen molar-refractivity contribution in [1.29, 1.82) is 0 Å². The van der Waals surface area contributed by atoms with Crippen molar-refractivity contribution in [2.24, 2.45) is 5.92 Å². The molecule has 1 amide bonds. The Morgan fingerprint density at radius 3 is 2.26 bits per heavy atom. The lowest BCUT2D eigenvalue weighted by molar-refractivity contribution is -0.897. The Morgan fingerprint density at radius 1 is 1.07 bits per heavy atom. The molecule has 0 aliphatic carbocycles. The van der Waals surface area contributed by atoms with Crippen molar-refractivity contribution in [3.63, 3.8) is 0 Å². The summed E-state index contributed by atoms with van der Waals surface area (Å²) in [4.78, 5) is 13.9. The Bertz CT molecular complexity index is 717. The van der Waals surface area contributed by atoms with Crippen LogP contribution in [0.5, 0.6) is 0 Å². The first-order valence-electron chi connectivity index (χ1n) is 10.2. The molecular weight excluding hydrogens is 362 g/mol. The fraction of sp³-hybridized carbons (Fsp3) is 0.650. The summed E-state index contributed by atoms with van der Waals surface area (Å²) in [6.45, 7) is 6.01. The number of anilines is 1. The van der Waals surface area contributed by atoms with Gasteiger partial charge in [-0.3, -0.25) is 4.79 Å². The molecule has 0 atom stereocenters. The van der Waals surface area contributed by atoms with E-state index in [1.165, 1.54) is 17.7 Å². The minimum Gasteiger partial charge on any atom is -0.327 e. The van der Waals surface area contributed by atoms with Gasteiger partial charge in [0.1, 0.15) is 0 Å². The Kier molecular flexibility index (Phi) is 6.89.